The highest BCUT2D eigenvalue weighted by atomic mass is 79.9. The Morgan fingerprint density at radius 1 is 1.50 bits per heavy atom. The van der Waals surface area contributed by atoms with Crippen LogP contribution in [0.25, 0.3) is 0 Å². The van der Waals surface area contributed by atoms with Gasteiger partial charge in [0.05, 0.1) is 10.5 Å². The molecule has 0 aliphatic rings. The molecular weight excluding hydrogens is 290 g/mol. The number of rotatable bonds is 1. The van der Waals surface area contributed by atoms with Gasteiger partial charge >= 0.3 is 0 Å². The molecule has 1 aromatic carbocycles. The van der Waals surface area contributed by atoms with E-state index in [0.717, 1.165) is 0 Å². The summed E-state index contributed by atoms with van der Waals surface area (Å²) in [5.74, 6) is 0. The number of halogens is 2. The largest absolute Gasteiger partial charge is 0.261 e. The van der Waals surface area contributed by atoms with Crippen molar-refractivity contribution in [3.63, 3.8) is 0 Å². The molecule has 0 saturated carbocycles. The Hall–Kier alpha value is -0.570. The Balaban J connectivity index is 3.58. The highest BCUT2D eigenvalue weighted by Crippen LogP contribution is 2.26. The van der Waals surface area contributed by atoms with E-state index in [4.69, 9.17) is 15.9 Å². The number of nitrogens with zero attached hydrogens (tertiary/aromatic N) is 1. The SMILES string of the molecule is Cc1cc(Br)c(C#N)cc1S(=O)(=O)Cl. The first kappa shape index (κ1) is 11.5. The van der Waals surface area contributed by atoms with Gasteiger partial charge < -0.3 is 0 Å². The van der Waals surface area contributed by atoms with Crippen LogP contribution in [0.3, 0.4) is 0 Å². The van der Waals surface area contributed by atoms with Gasteiger partial charge in [0, 0.05) is 15.2 Å². The van der Waals surface area contributed by atoms with Gasteiger partial charge in [0.1, 0.15) is 6.07 Å². The van der Waals surface area contributed by atoms with Gasteiger partial charge in [-0.05, 0) is 40.5 Å². The summed E-state index contributed by atoms with van der Waals surface area (Å²) in [6.45, 7) is 1.61. The molecular formula is C8H5BrClNO2S. The van der Waals surface area contributed by atoms with Gasteiger partial charge in [0.2, 0.25) is 0 Å². The van der Waals surface area contributed by atoms with Crippen molar-refractivity contribution in [1.82, 2.24) is 0 Å². The minimum absolute atomic E-state index is 0.0288. The number of aryl methyl sites for hydroxylation is 1. The lowest BCUT2D eigenvalue weighted by Crippen LogP contribution is -1.96. The summed E-state index contributed by atoms with van der Waals surface area (Å²) in [4.78, 5) is -0.0288. The van der Waals surface area contributed by atoms with Crippen molar-refractivity contribution in [1.29, 1.82) is 5.26 Å². The number of nitriles is 1. The Bertz CT molecular complexity index is 519. The second-order valence-corrected chi connectivity index (χ2v) is 6.04. The van der Waals surface area contributed by atoms with Crippen LogP contribution < -0.4 is 0 Å². The first-order valence-electron chi connectivity index (χ1n) is 3.51. The van der Waals surface area contributed by atoms with Gasteiger partial charge in [-0.2, -0.15) is 5.26 Å². The van der Waals surface area contributed by atoms with Gasteiger partial charge in [0.25, 0.3) is 9.05 Å². The fraction of sp³-hybridized carbons (Fsp3) is 0.125. The first-order valence-corrected chi connectivity index (χ1v) is 6.61. The third kappa shape index (κ3) is 2.27. The van der Waals surface area contributed by atoms with Crippen LogP contribution in [0.5, 0.6) is 0 Å². The lowest BCUT2D eigenvalue weighted by Gasteiger charge is -2.03. The Kier molecular flexibility index (Phi) is 3.20. The highest BCUT2D eigenvalue weighted by Gasteiger charge is 2.15. The molecule has 0 saturated heterocycles. The minimum atomic E-state index is -3.78. The first-order chi connectivity index (χ1) is 6.36. The molecule has 0 aliphatic carbocycles. The zero-order valence-corrected chi connectivity index (χ0v) is 10.2. The maximum atomic E-state index is 11.1. The van der Waals surface area contributed by atoms with Crippen molar-refractivity contribution in [3.8, 4) is 6.07 Å². The summed E-state index contributed by atoms with van der Waals surface area (Å²) in [5, 5.41) is 8.68. The molecule has 0 aliphatic heterocycles. The average Bonchev–Trinajstić information content (AvgIpc) is 2.02. The molecule has 0 radical (unpaired) electrons. The third-order valence-electron chi connectivity index (χ3n) is 1.65. The van der Waals surface area contributed by atoms with E-state index < -0.39 is 9.05 Å². The maximum Gasteiger partial charge on any atom is 0.261 e. The molecule has 0 heterocycles. The van der Waals surface area contributed by atoms with E-state index in [1.807, 2.05) is 6.07 Å². The van der Waals surface area contributed by atoms with Crippen LogP contribution in [0.1, 0.15) is 11.1 Å². The molecule has 0 fully saturated rings. The van der Waals surface area contributed by atoms with Crippen LogP contribution >= 0.6 is 26.6 Å². The molecule has 14 heavy (non-hydrogen) atoms. The number of benzene rings is 1. The molecule has 1 aromatic rings. The summed E-state index contributed by atoms with van der Waals surface area (Å²) in [7, 11) is 1.41. The fourth-order valence-corrected chi connectivity index (χ4v) is 2.75. The van der Waals surface area contributed by atoms with Gasteiger partial charge in [-0.25, -0.2) is 8.42 Å². The fourth-order valence-electron chi connectivity index (χ4n) is 1.00. The molecule has 0 N–H and O–H groups in total. The maximum absolute atomic E-state index is 11.1. The van der Waals surface area contributed by atoms with Crippen molar-refractivity contribution in [3.05, 3.63) is 27.7 Å². The molecule has 1 rings (SSSR count). The zero-order valence-electron chi connectivity index (χ0n) is 7.08. The summed E-state index contributed by atoms with van der Waals surface area (Å²) in [5.41, 5.74) is 0.751. The lowest BCUT2D eigenvalue weighted by atomic mass is 10.2. The van der Waals surface area contributed by atoms with E-state index in [1.165, 1.54) is 6.07 Å². The molecule has 0 spiro atoms. The Morgan fingerprint density at radius 3 is 2.50 bits per heavy atom. The molecule has 6 heteroatoms. The van der Waals surface area contributed by atoms with Crippen LogP contribution in [0.2, 0.25) is 0 Å². The van der Waals surface area contributed by atoms with E-state index >= 15 is 0 Å². The van der Waals surface area contributed by atoms with Crippen LogP contribution in [-0.4, -0.2) is 8.42 Å². The van der Waals surface area contributed by atoms with Crippen molar-refractivity contribution >= 4 is 35.7 Å². The second-order valence-electron chi connectivity index (χ2n) is 2.65. The molecule has 74 valence electrons. The highest BCUT2D eigenvalue weighted by molar-refractivity contribution is 9.10. The van der Waals surface area contributed by atoms with E-state index in [-0.39, 0.29) is 10.5 Å². The van der Waals surface area contributed by atoms with E-state index in [1.54, 1.807) is 13.0 Å². The lowest BCUT2D eigenvalue weighted by molar-refractivity contribution is 0.609. The zero-order chi connectivity index (χ0) is 10.9. The van der Waals surface area contributed by atoms with Crippen molar-refractivity contribution in [2.24, 2.45) is 0 Å². The van der Waals surface area contributed by atoms with Gasteiger partial charge in [-0.1, -0.05) is 0 Å². The summed E-state index contributed by atoms with van der Waals surface area (Å²) in [6.07, 6.45) is 0. The molecule has 0 amide bonds. The van der Waals surface area contributed by atoms with Gasteiger partial charge in [-0.3, -0.25) is 0 Å². The van der Waals surface area contributed by atoms with E-state index in [2.05, 4.69) is 15.9 Å². The van der Waals surface area contributed by atoms with Gasteiger partial charge in [-0.15, -0.1) is 0 Å². The van der Waals surface area contributed by atoms with Crippen LogP contribution in [0.4, 0.5) is 0 Å². The molecule has 0 bridgehead atoms. The summed E-state index contributed by atoms with van der Waals surface area (Å²) >= 11 is 3.15. The Labute approximate surface area is 94.9 Å². The molecule has 3 nitrogen and oxygen atoms in total. The quantitative estimate of drug-likeness (QED) is 0.748. The average molecular weight is 295 g/mol. The molecule has 0 unspecified atom stereocenters. The summed E-state index contributed by atoms with van der Waals surface area (Å²) < 4.78 is 22.7. The minimum Gasteiger partial charge on any atom is -0.207 e. The molecule has 0 atom stereocenters. The standard InChI is InChI=1S/C8H5BrClNO2S/c1-5-2-7(9)6(4-11)3-8(5)14(10,12)13/h2-3H,1H3. The predicted molar refractivity (Wildman–Crippen MR) is 56.6 cm³/mol. The van der Waals surface area contributed by atoms with E-state index in [0.29, 0.717) is 10.0 Å². The second kappa shape index (κ2) is 3.89. The van der Waals surface area contributed by atoms with Crippen molar-refractivity contribution in [2.75, 3.05) is 0 Å². The number of hydrogen-bond acceptors (Lipinski definition) is 3. The number of hydrogen-bond donors (Lipinski definition) is 0. The van der Waals surface area contributed by atoms with Crippen molar-refractivity contribution in [2.45, 2.75) is 11.8 Å². The predicted octanol–water partition coefficient (Wildman–Crippen LogP) is 2.56. The monoisotopic (exact) mass is 293 g/mol. The third-order valence-corrected chi connectivity index (χ3v) is 3.77. The van der Waals surface area contributed by atoms with Crippen LogP contribution in [0.15, 0.2) is 21.5 Å². The topological polar surface area (TPSA) is 57.9 Å². The normalized spacial score (nSPS) is 11.0. The molecule has 0 aromatic heterocycles. The Morgan fingerprint density at radius 2 is 2.07 bits per heavy atom. The van der Waals surface area contributed by atoms with Gasteiger partial charge in [0.15, 0.2) is 0 Å². The van der Waals surface area contributed by atoms with Crippen LogP contribution in [-0.2, 0) is 9.05 Å². The summed E-state index contributed by atoms with van der Waals surface area (Å²) in [6, 6.07) is 4.67. The van der Waals surface area contributed by atoms with Crippen LogP contribution in [0, 0.1) is 18.3 Å². The van der Waals surface area contributed by atoms with E-state index in [9.17, 15) is 8.42 Å². The smallest absolute Gasteiger partial charge is 0.207 e. The van der Waals surface area contributed by atoms with Crippen molar-refractivity contribution < 1.29 is 8.42 Å².